The van der Waals surface area contributed by atoms with Crippen molar-refractivity contribution in [2.24, 2.45) is 17.8 Å². The molecule has 4 unspecified atom stereocenters. The summed E-state index contributed by atoms with van der Waals surface area (Å²) >= 11 is 0. The summed E-state index contributed by atoms with van der Waals surface area (Å²) in [5.74, 6) is 3.57. The van der Waals surface area contributed by atoms with E-state index in [9.17, 15) is 0 Å². The molecular weight excluding hydrogens is 236 g/mol. The van der Waals surface area contributed by atoms with Gasteiger partial charge in [0.2, 0.25) is 0 Å². The van der Waals surface area contributed by atoms with Crippen LogP contribution >= 0.6 is 0 Å². The van der Waals surface area contributed by atoms with Gasteiger partial charge < -0.3 is 15.8 Å². The van der Waals surface area contributed by atoms with Crippen LogP contribution in [0.5, 0.6) is 5.75 Å². The Bertz CT molecular complexity index is 460. The van der Waals surface area contributed by atoms with Gasteiger partial charge in [0.25, 0.3) is 0 Å². The Morgan fingerprint density at radius 3 is 2.74 bits per heavy atom. The van der Waals surface area contributed by atoms with Crippen LogP contribution in [-0.4, -0.2) is 13.2 Å². The maximum absolute atomic E-state index is 6.08. The van der Waals surface area contributed by atoms with Gasteiger partial charge in [-0.05, 0) is 56.1 Å². The topological polar surface area (TPSA) is 47.3 Å². The fraction of sp³-hybridized carbons (Fsp3) is 0.625. The van der Waals surface area contributed by atoms with Crippen molar-refractivity contribution in [3.63, 3.8) is 0 Å². The van der Waals surface area contributed by atoms with E-state index in [1.54, 1.807) is 7.11 Å². The first-order chi connectivity index (χ1) is 9.17. The molecule has 0 aliphatic heterocycles. The minimum Gasteiger partial charge on any atom is -0.497 e. The molecule has 0 radical (unpaired) electrons. The molecule has 2 fully saturated rings. The lowest BCUT2D eigenvalue weighted by atomic mass is 9.84. The molecule has 4 atom stereocenters. The van der Waals surface area contributed by atoms with E-state index < -0.39 is 0 Å². The lowest BCUT2D eigenvalue weighted by Crippen LogP contribution is -2.30. The van der Waals surface area contributed by atoms with Crippen LogP contribution in [0.1, 0.15) is 32.6 Å². The second-order valence-electron chi connectivity index (χ2n) is 6.22. The predicted octanol–water partition coefficient (Wildman–Crippen LogP) is 3.51. The van der Waals surface area contributed by atoms with E-state index in [0.29, 0.717) is 6.04 Å². The van der Waals surface area contributed by atoms with Gasteiger partial charge in [-0.15, -0.1) is 0 Å². The van der Waals surface area contributed by atoms with E-state index in [-0.39, 0.29) is 0 Å². The van der Waals surface area contributed by atoms with Gasteiger partial charge in [0, 0.05) is 12.1 Å². The third-order valence-electron chi connectivity index (χ3n) is 5.08. The Kier molecular flexibility index (Phi) is 3.29. The number of fused-ring (bicyclic) bond motifs is 2. The average Bonchev–Trinajstić information content (AvgIpc) is 3.03. The predicted molar refractivity (Wildman–Crippen MR) is 79.4 cm³/mol. The van der Waals surface area contributed by atoms with Crippen molar-refractivity contribution in [1.82, 2.24) is 0 Å². The summed E-state index contributed by atoms with van der Waals surface area (Å²) < 4.78 is 5.19. The van der Waals surface area contributed by atoms with E-state index in [0.717, 1.165) is 34.9 Å². The van der Waals surface area contributed by atoms with Crippen LogP contribution in [0.15, 0.2) is 18.2 Å². The lowest BCUT2D eigenvalue weighted by molar-refractivity contribution is 0.304. The molecular formula is C16H24N2O. The molecule has 1 aromatic carbocycles. The smallest absolute Gasteiger partial charge is 0.121 e. The van der Waals surface area contributed by atoms with E-state index in [1.807, 2.05) is 18.2 Å². The summed E-state index contributed by atoms with van der Waals surface area (Å²) in [4.78, 5) is 0. The maximum Gasteiger partial charge on any atom is 0.121 e. The fourth-order valence-corrected chi connectivity index (χ4v) is 4.06. The normalized spacial score (nSPS) is 30.3. The Labute approximate surface area is 115 Å². The number of methoxy groups -OCH3 is 1. The number of nitrogen functional groups attached to an aromatic ring is 1. The molecule has 2 aliphatic carbocycles. The summed E-state index contributed by atoms with van der Waals surface area (Å²) in [7, 11) is 1.67. The largest absolute Gasteiger partial charge is 0.497 e. The number of nitrogens with one attached hydrogen (secondary N) is 1. The van der Waals surface area contributed by atoms with Gasteiger partial charge in [-0.2, -0.15) is 0 Å². The Hall–Kier alpha value is -1.38. The average molecular weight is 260 g/mol. The highest BCUT2D eigenvalue weighted by Gasteiger charge is 2.41. The molecule has 0 heterocycles. The molecule has 3 N–H and O–H groups in total. The monoisotopic (exact) mass is 260 g/mol. The molecule has 2 aliphatic rings. The second kappa shape index (κ2) is 4.95. The molecule has 2 bridgehead atoms. The first-order valence-corrected chi connectivity index (χ1v) is 7.37. The molecule has 3 rings (SSSR count). The molecule has 0 saturated heterocycles. The van der Waals surface area contributed by atoms with Gasteiger partial charge in [-0.25, -0.2) is 0 Å². The molecule has 0 spiro atoms. The van der Waals surface area contributed by atoms with Crippen LogP contribution in [-0.2, 0) is 0 Å². The number of benzene rings is 1. The van der Waals surface area contributed by atoms with Crippen LogP contribution in [0.2, 0.25) is 0 Å². The molecule has 1 aromatic rings. The van der Waals surface area contributed by atoms with E-state index in [1.165, 1.54) is 25.7 Å². The number of hydrogen-bond donors (Lipinski definition) is 2. The first kappa shape index (κ1) is 12.6. The summed E-state index contributed by atoms with van der Waals surface area (Å²) in [5.41, 5.74) is 7.89. The lowest BCUT2D eigenvalue weighted by Gasteiger charge is -2.29. The van der Waals surface area contributed by atoms with Crippen LogP contribution in [0.4, 0.5) is 11.4 Å². The van der Waals surface area contributed by atoms with Gasteiger partial charge >= 0.3 is 0 Å². The van der Waals surface area contributed by atoms with Crippen LogP contribution in [0.25, 0.3) is 0 Å². The maximum atomic E-state index is 6.08. The molecule has 2 saturated carbocycles. The van der Waals surface area contributed by atoms with Gasteiger partial charge in [-0.3, -0.25) is 0 Å². The van der Waals surface area contributed by atoms with Crippen molar-refractivity contribution in [2.45, 2.75) is 38.6 Å². The molecule has 3 heteroatoms. The van der Waals surface area contributed by atoms with Gasteiger partial charge in [0.1, 0.15) is 5.75 Å². The third kappa shape index (κ3) is 2.38. The number of ether oxygens (including phenoxy) is 1. The van der Waals surface area contributed by atoms with Gasteiger partial charge in [0.05, 0.1) is 18.5 Å². The van der Waals surface area contributed by atoms with Crippen molar-refractivity contribution in [3.05, 3.63) is 18.2 Å². The van der Waals surface area contributed by atoms with Crippen molar-refractivity contribution >= 4 is 11.4 Å². The second-order valence-corrected chi connectivity index (χ2v) is 6.22. The number of hydrogen-bond acceptors (Lipinski definition) is 3. The summed E-state index contributed by atoms with van der Waals surface area (Å²) in [6, 6.07) is 6.38. The Morgan fingerprint density at radius 1 is 1.32 bits per heavy atom. The highest BCUT2D eigenvalue weighted by atomic mass is 16.5. The summed E-state index contributed by atoms with van der Waals surface area (Å²) in [6.07, 6.45) is 5.74. The van der Waals surface area contributed by atoms with Crippen molar-refractivity contribution < 1.29 is 4.74 Å². The summed E-state index contributed by atoms with van der Waals surface area (Å²) in [5, 5.41) is 3.61. The third-order valence-corrected chi connectivity index (χ3v) is 5.08. The van der Waals surface area contributed by atoms with E-state index >= 15 is 0 Å². The van der Waals surface area contributed by atoms with Gasteiger partial charge in [0.15, 0.2) is 0 Å². The number of anilines is 2. The zero-order valence-electron chi connectivity index (χ0n) is 11.9. The summed E-state index contributed by atoms with van der Waals surface area (Å²) in [6.45, 7) is 2.30. The van der Waals surface area contributed by atoms with E-state index in [4.69, 9.17) is 10.5 Å². The van der Waals surface area contributed by atoms with Crippen molar-refractivity contribution in [1.29, 1.82) is 0 Å². The highest BCUT2D eigenvalue weighted by Crippen LogP contribution is 2.50. The molecule has 104 valence electrons. The quantitative estimate of drug-likeness (QED) is 0.814. The fourth-order valence-electron chi connectivity index (χ4n) is 4.06. The minimum absolute atomic E-state index is 0.506. The molecule has 0 amide bonds. The zero-order valence-corrected chi connectivity index (χ0v) is 11.9. The Balaban J connectivity index is 1.67. The van der Waals surface area contributed by atoms with Crippen molar-refractivity contribution in [2.75, 3.05) is 18.2 Å². The first-order valence-electron chi connectivity index (χ1n) is 7.37. The van der Waals surface area contributed by atoms with Crippen molar-refractivity contribution in [3.8, 4) is 5.75 Å². The molecule has 0 aromatic heterocycles. The van der Waals surface area contributed by atoms with Crippen LogP contribution < -0.4 is 15.8 Å². The highest BCUT2D eigenvalue weighted by molar-refractivity contribution is 5.68. The minimum atomic E-state index is 0.506. The van der Waals surface area contributed by atoms with Crippen LogP contribution in [0, 0.1) is 17.8 Å². The number of rotatable bonds is 4. The molecule has 3 nitrogen and oxygen atoms in total. The molecule has 19 heavy (non-hydrogen) atoms. The van der Waals surface area contributed by atoms with Gasteiger partial charge in [-0.1, -0.05) is 6.42 Å². The zero-order chi connectivity index (χ0) is 13.4. The number of nitrogens with two attached hydrogens (primary N) is 1. The SMILES string of the molecule is COc1ccc(NC(C)C2CC3CCC2C3)c(N)c1. The Morgan fingerprint density at radius 2 is 2.16 bits per heavy atom. The van der Waals surface area contributed by atoms with Crippen LogP contribution in [0.3, 0.4) is 0 Å². The van der Waals surface area contributed by atoms with E-state index in [2.05, 4.69) is 12.2 Å². The standard InChI is InChI=1S/C16H24N2O/c1-10(14-8-11-3-4-12(14)7-11)18-16-6-5-13(19-2)9-15(16)17/h5-6,9-12,14,18H,3-4,7-8,17H2,1-2H3.